The standard InChI is InChI=1S/C15H15N5O3/c1-3-10-17-11(13(16)21)12-14(18-10)20(15(22)19-12)8-5-4-6-9(7-8)23-2/h4-7H,3H2,1-2H3,(H2,16,21)(H,19,22). The van der Waals surface area contributed by atoms with Crippen LogP contribution in [0.3, 0.4) is 0 Å². The molecule has 8 nitrogen and oxygen atoms in total. The first-order valence-corrected chi connectivity index (χ1v) is 7.01. The normalized spacial score (nSPS) is 10.9. The summed E-state index contributed by atoms with van der Waals surface area (Å²) in [7, 11) is 1.54. The minimum atomic E-state index is -0.717. The largest absolute Gasteiger partial charge is 0.497 e. The van der Waals surface area contributed by atoms with Gasteiger partial charge in [0.15, 0.2) is 11.3 Å². The van der Waals surface area contributed by atoms with Crippen LogP contribution in [0.25, 0.3) is 16.9 Å². The fraction of sp³-hybridized carbons (Fsp3) is 0.200. The van der Waals surface area contributed by atoms with Crippen LogP contribution in [0.15, 0.2) is 29.1 Å². The Bertz CT molecular complexity index is 957. The number of amides is 1. The second kappa shape index (κ2) is 5.56. The van der Waals surface area contributed by atoms with Crippen molar-refractivity contribution in [1.29, 1.82) is 0 Å². The number of benzene rings is 1. The summed E-state index contributed by atoms with van der Waals surface area (Å²) in [6.07, 6.45) is 0.508. The van der Waals surface area contributed by atoms with E-state index in [4.69, 9.17) is 10.5 Å². The Balaban J connectivity index is 2.37. The highest BCUT2D eigenvalue weighted by molar-refractivity contribution is 6.01. The molecule has 0 spiro atoms. The number of carbonyl (C=O) groups excluding carboxylic acids is 1. The number of hydrogen-bond donors (Lipinski definition) is 2. The number of H-pyrrole nitrogens is 1. The highest BCUT2D eigenvalue weighted by Gasteiger charge is 2.19. The van der Waals surface area contributed by atoms with E-state index < -0.39 is 11.6 Å². The number of nitrogens with one attached hydrogen (secondary N) is 1. The van der Waals surface area contributed by atoms with Crippen molar-refractivity contribution in [1.82, 2.24) is 19.5 Å². The van der Waals surface area contributed by atoms with Gasteiger partial charge in [-0.15, -0.1) is 0 Å². The average Bonchev–Trinajstić information content (AvgIpc) is 2.89. The number of carbonyl (C=O) groups is 1. The molecule has 0 atom stereocenters. The summed E-state index contributed by atoms with van der Waals surface area (Å²) in [5.74, 6) is 0.316. The van der Waals surface area contributed by atoms with Gasteiger partial charge in [0, 0.05) is 12.5 Å². The van der Waals surface area contributed by atoms with E-state index in [1.807, 2.05) is 6.92 Å². The molecule has 0 radical (unpaired) electrons. The van der Waals surface area contributed by atoms with Crippen LogP contribution in [0.4, 0.5) is 0 Å². The van der Waals surface area contributed by atoms with Crippen molar-refractivity contribution in [2.45, 2.75) is 13.3 Å². The molecule has 0 aliphatic heterocycles. The smallest absolute Gasteiger partial charge is 0.332 e. The monoisotopic (exact) mass is 313 g/mol. The van der Waals surface area contributed by atoms with Crippen LogP contribution in [0.5, 0.6) is 5.75 Å². The molecule has 0 saturated heterocycles. The topological polar surface area (TPSA) is 116 Å². The molecule has 0 saturated carbocycles. The molecule has 0 bridgehead atoms. The molecule has 3 aromatic rings. The molecule has 2 aromatic heterocycles. The first kappa shape index (κ1) is 14.8. The highest BCUT2D eigenvalue weighted by atomic mass is 16.5. The molecular formula is C15H15N5O3. The van der Waals surface area contributed by atoms with Crippen molar-refractivity contribution in [2.75, 3.05) is 7.11 Å². The molecule has 3 rings (SSSR count). The molecule has 0 aliphatic carbocycles. The van der Waals surface area contributed by atoms with Crippen molar-refractivity contribution in [3.05, 3.63) is 46.3 Å². The van der Waals surface area contributed by atoms with E-state index >= 15 is 0 Å². The third-order valence-corrected chi connectivity index (χ3v) is 3.44. The Hall–Kier alpha value is -3.16. The predicted octanol–water partition coefficient (Wildman–Crippen LogP) is 0.779. The zero-order chi connectivity index (χ0) is 16.6. The van der Waals surface area contributed by atoms with Gasteiger partial charge in [-0.25, -0.2) is 19.3 Å². The van der Waals surface area contributed by atoms with Gasteiger partial charge in [0.05, 0.1) is 12.8 Å². The van der Waals surface area contributed by atoms with Gasteiger partial charge in [-0.2, -0.15) is 0 Å². The van der Waals surface area contributed by atoms with E-state index in [1.54, 1.807) is 31.4 Å². The van der Waals surface area contributed by atoms with Crippen LogP contribution in [0, 0.1) is 0 Å². The minimum Gasteiger partial charge on any atom is -0.497 e. The molecule has 1 aromatic carbocycles. The number of aryl methyl sites for hydroxylation is 1. The van der Waals surface area contributed by atoms with Crippen LogP contribution in [-0.2, 0) is 6.42 Å². The molecule has 2 heterocycles. The molecule has 0 aliphatic rings. The molecule has 118 valence electrons. The molecular weight excluding hydrogens is 298 g/mol. The Kier molecular flexibility index (Phi) is 3.57. The number of aromatic amines is 1. The quantitative estimate of drug-likeness (QED) is 0.738. The third kappa shape index (κ3) is 2.44. The van der Waals surface area contributed by atoms with E-state index in [9.17, 15) is 9.59 Å². The van der Waals surface area contributed by atoms with Crippen LogP contribution >= 0.6 is 0 Å². The number of imidazole rings is 1. The van der Waals surface area contributed by atoms with E-state index in [-0.39, 0.29) is 11.2 Å². The molecule has 1 amide bonds. The lowest BCUT2D eigenvalue weighted by molar-refractivity contribution is 0.0996. The van der Waals surface area contributed by atoms with Crippen molar-refractivity contribution in [3.8, 4) is 11.4 Å². The summed E-state index contributed by atoms with van der Waals surface area (Å²) >= 11 is 0. The molecule has 3 N–H and O–H groups in total. The van der Waals surface area contributed by atoms with E-state index in [0.717, 1.165) is 0 Å². The number of rotatable bonds is 4. The number of nitrogens with two attached hydrogens (primary N) is 1. The van der Waals surface area contributed by atoms with Crippen molar-refractivity contribution in [2.24, 2.45) is 5.73 Å². The number of nitrogens with zero attached hydrogens (tertiary/aromatic N) is 3. The summed E-state index contributed by atoms with van der Waals surface area (Å²) in [5.41, 5.74) is 6.04. The fourth-order valence-corrected chi connectivity index (χ4v) is 2.36. The van der Waals surface area contributed by atoms with E-state index in [2.05, 4.69) is 15.0 Å². The predicted molar refractivity (Wildman–Crippen MR) is 83.9 cm³/mol. The van der Waals surface area contributed by atoms with Gasteiger partial charge >= 0.3 is 5.69 Å². The maximum absolute atomic E-state index is 12.4. The lowest BCUT2D eigenvalue weighted by atomic mass is 10.3. The highest BCUT2D eigenvalue weighted by Crippen LogP contribution is 2.20. The average molecular weight is 313 g/mol. The Morgan fingerprint density at radius 3 is 2.83 bits per heavy atom. The number of methoxy groups -OCH3 is 1. The van der Waals surface area contributed by atoms with Crippen LogP contribution in [0.1, 0.15) is 23.2 Å². The SMILES string of the molecule is CCc1nc(C(N)=O)c2[nH]c(=O)n(-c3cccc(OC)c3)c2n1. The Labute approximate surface area is 130 Å². The molecule has 8 heteroatoms. The number of hydrogen-bond acceptors (Lipinski definition) is 5. The van der Waals surface area contributed by atoms with Crippen LogP contribution in [-0.4, -0.2) is 32.5 Å². The second-order valence-electron chi connectivity index (χ2n) is 4.87. The van der Waals surface area contributed by atoms with Gasteiger partial charge in [-0.3, -0.25) is 4.79 Å². The summed E-state index contributed by atoms with van der Waals surface area (Å²) in [6.45, 7) is 1.85. The van der Waals surface area contributed by atoms with Crippen molar-refractivity contribution < 1.29 is 9.53 Å². The lowest BCUT2D eigenvalue weighted by Crippen LogP contribution is -2.16. The van der Waals surface area contributed by atoms with Crippen LogP contribution in [0.2, 0.25) is 0 Å². The van der Waals surface area contributed by atoms with Crippen LogP contribution < -0.4 is 16.2 Å². The Morgan fingerprint density at radius 1 is 1.39 bits per heavy atom. The van der Waals surface area contributed by atoms with Crippen molar-refractivity contribution >= 4 is 17.1 Å². The first-order chi connectivity index (χ1) is 11.0. The van der Waals surface area contributed by atoms with E-state index in [0.29, 0.717) is 29.3 Å². The van der Waals surface area contributed by atoms with Gasteiger partial charge in [0.25, 0.3) is 5.91 Å². The second-order valence-corrected chi connectivity index (χ2v) is 4.87. The van der Waals surface area contributed by atoms with Crippen molar-refractivity contribution in [3.63, 3.8) is 0 Å². The maximum atomic E-state index is 12.4. The minimum absolute atomic E-state index is 0.00518. The maximum Gasteiger partial charge on any atom is 0.332 e. The molecule has 0 unspecified atom stereocenters. The number of aromatic nitrogens is 4. The first-order valence-electron chi connectivity index (χ1n) is 7.01. The number of primary amides is 1. The van der Waals surface area contributed by atoms with Gasteiger partial charge < -0.3 is 15.5 Å². The lowest BCUT2D eigenvalue weighted by Gasteiger charge is -2.06. The van der Waals surface area contributed by atoms with Gasteiger partial charge in [0.2, 0.25) is 0 Å². The summed E-state index contributed by atoms with van der Waals surface area (Å²) in [6, 6.07) is 6.97. The third-order valence-electron chi connectivity index (χ3n) is 3.44. The summed E-state index contributed by atoms with van der Waals surface area (Å²) < 4.78 is 6.55. The molecule has 23 heavy (non-hydrogen) atoms. The number of fused-ring (bicyclic) bond motifs is 1. The zero-order valence-corrected chi connectivity index (χ0v) is 12.7. The Morgan fingerprint density at radius 2 is 2.17 bits per heavy atom. The zero-order valence-electron chi connectivity index (χ0n) is 12.7. The number of ether oxygens (including phenoxy) is 1. The van der Waals surface area contributed by atoms with Gasteiger partial charge in [0.1, 0.15) is 17.1 Å². The fourth-order valence-electron chi connectivity index (χ4n) is 2.36. The summed E-state index contributed by atoms with van der Waals surface area (Å²) in [5, 5.41) is 0. The van der Waals surface area contributed by atoms with Gasteiger partial charge in [-0.05, 0) is 12.1 Å². The van der Waals surface area contributed by atoms with Gasteiger partial charge in [-0.1, -0.05) is 13.0 Å². The van der Waals surface area contributed by atoms with E-state index in [1.165, 1.54) is 4.57 Å². The molecule has 0 fully saturated rings. The summed E-state index contributed by atoms with van der Waals surface area (Å²) in [4.78, 5) is 35.1.